The minimum absolute atomic E-state index is 0.225. The number of halogens is 3. The van der Waals surface area contributed by atoms with Crippen LogP contribution in [-0.4, -0.2) is 5.11 Å². The van der Waals surface area contributed by atoms with Gasteiger partial charge in [-0.3, -0.25) is 0 Å². The van der Waals surface area contributed by atoms with Crippen molar-refractivity contribution in [2.45, 2.75) is 6.92 Å². The predicted octanol–water partition coefficient (Wildman–Crippen LogP) is 3.99. The number of aromatic hydroxyl groups is 1. The predicted molar refractivity (Wildman–Crippen MR) is 55.9 cm³/mol. The van der Waals surface area contributed by atoms with E-state index in [0.29, 0.717) is 8.95 Å². The van der Waals surface area contributed by atoms with E-state index in [0.717, 1.165) is 10.0 Å². The standard InChI is InChI=1S/C7H5Br3O/c1-3-2-4(8)7(11)6(10)5(3)9/h2,11H,1H3. The lowest BCUT2D eigenvalue weighted by atomic mass is 10.2. The molecule has 1 aromatic carbocycles. The maximum atomic E-state index is 9.39. The van der Waals surface area contributed by atoms with E-state index >= 15 is 0 Å². The van der Waals surface area contributed by atoms with Gasteiger partial charge in [0.25, 0.3) is 0 Å². The first-order chi connectivity index (χ1) is 5.04. The van der Waals surface area contributed by atoms with Crippen LogP contribution in [0.3, 0.4) is 0 Å². The molecule has 0 bridgehead atoms. The van der Waals surface area contributed by atoms with E-state index in [1.54, 1.807) is 0 Å². The van der Waals surface area contributed by atoms with Gasteiger partial charge >= 0.3 is 0 Å². The fourth-order valence-corrected chi connectivity index (χ4v) is 2.34. The van der Waals surface area contributed by atoms with Crippen LogP contribution in [0.4, 0.5) is 0 Å². The molecule has 1 aromatic rings. The molecule has 0 amide bonds. The van der Waals surface area contributed by atoms with Crippen molar-refractivity contribution in [2.75, 3.05) is 0 Å². The molecule has 1 rings (SSSR count). The lowest BCUT2D eigenvalue weighted by molar-refractivity contribution is 0.468. The van der Waals surface area contributed by atoms with Crippen LogP contribution in [-0.2, 0) is 0 Å². The molecule has 0 aromatic heterocycles. The van der Waals surface area contributed by atoms with Gasteiger partial charge in [0.05, 0.1) is 8.95 Å². The fourth-order valence-electron chi connectivity index (χ4n) is 0.704. The molecule has 0 aliphatic heterocycles. The molecule has 60 valence electrons. The molecule has 0 saturated heterocycles. The molecule has 4 heteroatoms. The van der Waals surface area contributed by atoms with Crippen LogP contribution in [0.15, 0.2) is 19.5 Å². The molecule has 0 radical (unpaired) electrons. The molecular weight excluding hydrogens is 340 g/mol. The summed E-state index contributed by atoms with van der Waals surface area (Å²) in [7, 11) is 0. The second-order valence-corrected chi connectivity index (χ2v) is 4.59. The normalized spacial score (nSPS) is 10.2. The van der Waals surface area contributed by atoms with Crippen molar-refractivity contribution in [1.82, 2.24) is 0 Å². The zero-order valence-electron chi connectivity index (χ0n) is 5.66. The fraction of sp³-hybridized carbons (Fsp3) is 0.143. The van der Waals surface area contributed by atoms with E-state index in [4.69, 9.17) is 0 Å². The quantitative estimate of drug-likeness (QED) is 0.706. The van der Waals surface area contributed by atoms with E-state index < -0.39 is 0 Å². The molecule has 1 nitrogen and oxygen atoms in total. The summed E-state index contributed by atoms with van der Waals surface area (Å²) in [6.45, 7) is 1.96. The summed E-state index contributed by atoms with van der Waals surface area (Å²) in [5.74, 6) is 0.225. The zero-order chi connectivity index (χ0) is 8.59. The van der Waals surface area contributed by atoms with Gasteiger partial charge in [0.2, 0.25) is 0 Å². The summed E-state index contributed by atoms with van der Waals surface area (Å²) in [6.07, 6.45) is 0. The summed E-state index contributed by atoms with van der Waals surface area (Å²) in [6, 6.07) is 1.85. The van der Waals surface area contributed by atoms with Crippen LogP contribution in [0.5, 0.6) is 5.75 Å². The number of aryl methyl sites for hydroxylation is 1. The Morgan fingerprint density at radius 1 is 1.18 bits per heavy atom. The maximum absolute atomic E-state index is 9.39. The minimum Gasteiger partial charge on any atom is -0.506 e. The number of benzene rings is 1. The number of hydrogen-bond acceptors (Lipinski definition) is 1. The van der Waals surface area contributed by atoms with E-state index in [2.05, 4.69) is 47.8 Å². The van der Waals surface area contributed by atoms with E-state index in [1.165, 1.54) is 0 Å². The maximum Gasteiger partial charge on any atom is 0.145 e. The molecule has 0 aliphatic rings. The molecule has 0 spiro atoms. The highest BCUT2D eigenvalue weighted by Crippen LogP contribution is 2.39. The first-order valence-corrected chi connectivity index (χ1v) is 5.25. The molecule has 0 fully saturated rings. The molecule has 0 saturated carbocycles. The van der Waals surface area contributed by atoms with Crippen LogP contribution in [0.25, 0.3) is 0 Å². The average Bonchev–Trinajstić information content (AvgIpc) is 1.97. The number of phenols is 1. The van der Waals surface area contributed by atoms with Crippen molar-refractivity contribution in [3.8, 4) is 5.75 Å². The van der Waals surface area contributed by atoms with Crippen molar-refractivity contribution < 1.29 is 5.11 Å². The highest BCUT2D eigenvalue weighted by atomic mass is 79.9. The van der Waals surface area contributed by atoms with Crippen molar-refractivity contribution in [2.24, 2.45) is 0 Å². The van der Waals surface area contributed by atoms with Gasteiger partial charge in [-0.25, -0.2) is 0 Å². The molecular formula is C7H5Br3O. The largest absolute Gasteiger partial charge is 0.506 e. The van der Waals surface area contributed by atoms with Crippen molar-refractivity contribution >= 4 is 47.8 Å². The van der Waals surface area contributed by atoms with Gasteiger partial charge in [-0.05, 0) is 66.3 Å². The highest BCUT2D eigenvalue weighted by Gasteiger charge is 2.09. The molecule has 0 atom stereocenters. The monoisotopic (exact) mass is 342 g/mol. The van der Waals surface area contributed by atoms with Crippen molar-refractivity contribution in [1.29, 1.82) is 0 Å². The second kappa shape index (κ2) is 3.46. The Bertz CT molecular complexity index is 270. The number of rotatable bonds is 0. The lowest BCUT2D eigenvalue weighted by Crippen LogP contribution is -1.80. The Labute approximate surface area is 90.2 Å². The molecule has 0 heterocycles. The van der Waals surface area contributed by atoms with Crippen LogP contribution >= 0.6 is 47.8 Å². The van der Waals surface area contributed by atoms with Gasteiger partial charge in [-0.15, -0.1) is 0 Å². The summed E-state index contributed by atoms with van der Waals surface area (Å²) >= 11 is 9.82. The van der Waals surface area contributed by atoms with Crippen molar-refractivity contribution in [3.05, 3.63) is 25.0 Å². The van der Waals surface area contributed by atoms with Gasteiger partial charge in [0, 0.05) is 4.47 Å². The average molecular weight is 345 g/mol. The van der Waals surface area contributed by atoms with Gasteiger partial charge in [0.1, 0.15) is 5.75 Å². The third-order valence-electron chi connectivity index (χ3n) is 1.32. The number of phenolic OH excluding ortho intramolecular Hbond substituents is 1. The van der Waals surface area contributed by atoms with Gasteiger partial charge in [0.15, 0.2) is 0 Å². The Balaban J connectivity index is 3.46. The van der Waals surface area contributed by atoms with Crippen LogP contribution < -0.4 is 0 Å². The topological polar surface area (TPSA) is 20.2 Å². The minimum atomic E-state index is 0.225. The molecule has 0 unspecified atom stereocenters. The zero-order valence-corrected chi connectivity index (χ0v) is 10.4. The molecule has 0 aliphatic carbocycles. The summed E-state index contributed by atoms with van der Waals surface area (Å²) in [5, 5.41) is 9.39. The van der Waals surface area contributed by atoms with Crippen molar-refractivity contribution in [3.63, 3.8) is 0 Å². The Kier molecular flexibility index (Phi) is 3.00. The van der Waals surface area contributed by atoms with Gasteiger partial charge < -0.3 is 5.11 Å². The third kappa shape index (κ3) is 1.79. The van der Waals surface area contributed by atoms with Gasteiger partial charge in [-0.1, -0.05) is 0 Å². The third-order valence-corrected chi connectivity index (χ3v) is 4.25. The summed E-state index contributed by atoms with van der Waals surface area (Å²) < 4.78 is 2.27. The smallest absolute Gasteiger partial charge is 0.145 e. The van der Waals surface area contributed by atoms with Gasteiger partial charge in [-0.2, -0.15) is 0 Å². The van der Waals surface area contributed by atoms with Crippen LogP contribution in [0, 0.1) is 6.92 Å². The molecule has 11 heavy (non-hydrogen) atoms. The molecule has 1 N–H and O–H groups in total. The number of hydrogen-bond donors (Lipinski definition) is 1. The summed E-state index contributed by atoms with van der Waals surface area (Å²) in [4.78, 5) is 0. The second-order valence-electron chi connectivity index (χ2n) is 2.15. The summed E-state index contributed by atoms with van der Waals surface area (Å²) in [5.41, 5.74) is 1.07. The highest BCUT2D eigenvalue weighted by molar-refractivity contribution is 9.13. The van der Waals surface area contributed by atoms with E-state index in [9.17, 15) is 5.11 Å². The lowest BCUT2D eigenvalue weighted by Gasteiger charge is -2.05. The van der Waals surface area contributed by atoms with E-state index in [-0.39, 0.29) is 5.75 Å². The Morgan fingerprint density at radius 2 is 1.73 bits per heavy atom. The van der Waals surface area contributed by atoms with Crippen LogP contribution in [0.1, 0.15) is 5.56 Å². The first-order valence-electron chi connectivity index (χ1n) is 2.87. The first kappa shape index (κ1) is 9.55. The van der Waals surface area contributed by atoms with Crippen LogP contribution in [0.2, 0.25) is 0 Å². The van der Waals surface area contributed by atoms with E-state index in [1.807, 2.05) is 13.0 Å². The Morgan fingerprint density at radius 3 is 2.27 bits per heavy atom. The SMILES string of the molecule is Cc1cc(Br)c(O)c(Br)c1Br. The Hall–Kier alpha value is 0.460.